The molecule has 2 atom stereocenters. The third-order valence-electron chi connectivity index (χ3n) is 5.90. The molecule has 0 bridgehead atoms. The summed E-state index contributed by atoms with van der Waals surface area (Å²) < 4.78 is 11.7. The Hall–Kier alpha value is -1.93. The van der Waals surface area contributed by atoms with Gasteiger partial charge >= 0.3 is 0 Å². The van der Waals surface area contributed by atoms with Gasteiger partial charge in [0.2, 0.25) is 5.91 Å². The van der Waals surface area contributed by atoms with E-state index < -0.39 is 6.10 Å². The lowest BCUT2D eigenvalue weighted by Crippen LogP contribution is -2.48. The summed E-state index contributed by atoms with van der Waals surface area (Å²) in [5, 5.41) is 12.5. The van der Waals surface area contributed by atoms with Crippen LogP contribution >= 0.6 is 11.3 Å². The number of amides is 1. The van der Waals surface area contributed by atoms with Gasteiger partial charge in [0.1, 0.15) is 12.4 Å². The van der Waals surface area contributed by atoms with Gasteiger partial charge in [-0.3, -0.25) is 9.69 Å². The van der Waals surface area contributed by atoms with E-state index in [2.05, 4.69) is 18.4 Å². The molecule has 0 saturated carbocycles. The largest absolute Gasteiger partial charge is 0.491 e. The van der Waals surface area contributed by atoms with Gasteiger partial charge in [-0.25, -0.2) is 0 Å². The minimum Gasteiger partial charge on any atom is -0.491 e. The lowest BCUT2D eigenvalue weighted by atomic mass is 10.00. The summed E-state index contributed by atoms with van der Waals surface area (Å²) >= 11 is 1.75. The van der Waals surface area contributed by atoms with Crippen LogP contribution in [0.4, 0.5) is 0 Å². The average Bonchev–Trinajstić information content (AvgIpc) is 3.26. The molecule has 1 aliphatic heterocycles. The standard InChI is InChI=1S/C26H38N2O4S/c1-5-12-27(15-21(29)17-31-19(2)3)16-26(30)28-13-10-25-22(11-14-33-25)23(28)18-32-24-9-7-6-8-20(24)4/h6-9,11,14,19,21,23,29H,5,10,12-13,15-18H2,1-4H3/t21-,23-/m1/s1. The zero-order valence-electron chi connectivity index (χ0n) is 20.3. The number of ether oxygens (including phenoxy) is 2. The lowest BCUT2D eigenvalue weighted by molar-refractivity contribution is -0.136. The van der Waals surface area contributed by atoms with Crippen LogP contribution in [-0.4, -0.2) is 72.4 Å². The molecule has 182 valence electrons. The number of carbonyl (C=O) groups is 1. The van der Waals surface area contributed by atoms with E-state index in [9.17, 15) is 9.90 Å². The topological polar surface area (TPSA) is 62.2 Å². The van der Waals surface area contributed by atoms with Crippen molar-refractivity contribution in [1.82, 2.24) is 9.80 Å². The number of fused-ring (bicyclic) bond motifs is 1. The van der Waals surface area contributed by atoms with Crippen molar-refractivity contribution >= 4 is 17.2 Å². The lowest BCUT2D eigenvalue weighted by Gasteiger charge is -2.37. The SMILES string of the molecule is CCCN(CC(=O)N1CCc2sccc2[C@H]1COc1ccccc1C)C[C@@H](O)COC(C)C. The second-order valence-corrected chi connectivity index (χ2v) is 10.0. The molecule has 1 aliphatic rings. The number of aliphatic hydroxyl groups is 1. The van der Waals surface area contributed by atoms with E-state index in [1.807, 2.05) is 54.8 Å². The van der Waals surface area contributed by atoms with Gasteiger partial charge in [-0.15, -0.1) is 11.3 Å². The van der Waals surface area contributed by atoms with Gasteiger partial charge < -0.3 is 19.5 Å². The molecule has 1 amide bonds. The maximum atomic E-state index is 13.5. The molecular formula is C26H38N2O4S. The fraction of sp³-hybridized carbons (Fsp3) is 0.577. The maximum Gasteiger partial charge on any atom is 0.237 e. The van der Waals surface area contributed by atoms with Gasteiger partial charge in [0, 0.05) is 18.0 Å². The molecule has 1 aromatic heterocycles. The number of aliphatic hydroxyl groups excluding tert-OH is 1. The molecule has 0 aliphatic carbocycles. The van der Waals surface area contributed by atoms with Crippen molar-refractivity contribution in [3.8, 4) is 5.75 Å². The molecule has 0 spiro atoms. The Bertz CT molecular complexity index is 885. The predicted octanol–water partition coefficient (Wildman–Crippen LogP) is 4.06. The number of nitrogens with zero attached hydrogens (tertiary/aromatic N) is 2. The number of rotatable bonds is 12. The van der Waals surface area contributed by atoms with Crippen molar-refractivity contribution < 1.29 is 19.4 Å². The van der Waals surface area contributed by atoms with E-state index in [1.54, 1.807) is 11.3 Å². The van der Waals surface area contributed by atoms with Crippen LogP contribution in [0.25, 0.3) is 0 Å². The Morgan fingerprint density at radius 3 is 2.82 bits per heavy atom. The van der Waals surface area contributed by atoms with Crippen LogP contribution in [0.1, 0.15) is 49.2 Å². The van der Waals surface area contributed by atoms with E-state index in [4.69, 9.17) is 9.47 Å². The zero-order valence-corrected chi connectivity index (χ0v) is 21.1. The monoisotopic (exact) mass is 474 g/mol. The summed E-state index contributed by atoms with van der Waals surface area (Å²) in [7, 11) is 0. The van der Waals surface area contributed by atoms with Gasteiger partial charge in [-0.05, 0) is 68.8 Å². The van der Waals surface area contributed by atoms with Crippen LogP contribution < -0.4 is 4.74 Å². The third-order valence-corrected chi connectivity index (χ3v) is 6.89. The highest BCUT2D eigenvalue weighted by Crippen LogP contribution is 2.34. The molecule has 2 aromatic rings. The van der Waals surface area contributed by atoms with Crippen molar-refractivity contribution in [3.05, 3.63) is 51.7 Å². The van der Waals surface area contributed by atoms with Crippen LogP contribution in [0.3, 0.4) is 0 Å². The molecule has 7 heteroatoms. The summed E-state index contributed by atoms with van der Waals surface area (Å²) in [6, 6.07) is 10.00. The summed E-state index contributed by atoms with van der Waals surface area (Å²) in [4.78, 5) is 18.8. The molecule has 0 radical (unpaired) electrons. The van der Waals surface area contributed by atoms with Crippen LogP contribution in [-0.2, 0) is 16.0 Å². The zero-order chi connectivity index (χ0) is 23.8. The van der Waals surface area contributed by atoms with E-state index in [-0.39, 0.29) is 31.2 Å². The van der Waals surface area contributed by atoms with Crippen LogP contribution in [0, 0.1) is 6.92 Å². The average molecular weight is 475 g/mol. The number of carbonyl (C=O) groups excluding carboxylic acids is 1. The molecule has 6 nitrogen and oxygen atoms in total. The number of thiophene rings is 1. The molecule has 0 saturated heterocycles. The van der Waals surface area contributed by atoms with E-state index in [1.165, 1.54) is 10.4 Å². The highest BCUT2D eigenvalue weighted by molar-refractivity contribution is 7.10. The predicted molar refractivity (Wildman–Crippen MR) is 133 cm³/mol. The fourth-order valence-electron chi connectivity index (χ4n) is 4.25. The molecule has 1 N–H and O–H groups in total. The number of para-hydroxylation sites is 1. The van der Waals surface area contributed by atoms with Gasteiger partial charge in [0.05, 0.1) is 31.4 Å². The summed E-state index contributed by atoms with van der Waals surface area (Å²) in [6.45, 7) is 10.9. The van der Waals surface area contributed by atoms with Crippen molar-refractivity contribution in [3.63, 3.8) is 0 Å². The first-order chi connectivity index (χ1) is 15.9. The highest BCUT2D eigenvalue weighted by Gasteiger charge is 2.33. The Labute approximate surface area is 202 Å². The number of hydrogen-bond acceptors (Lipinski definition) is 6. The smallest absolute Gasteiger partial charge is 0.237 e. The summed E-state index contributed by atoms with van der Waals surface area (Å²) in [5.74, 6) is 0.934. The van der Waals surface area contributed by atoms with E-state index in [0.29, 0.717) is 19.7 Å². The summed E-state index contributed by atoms with van der Waals surface area (Å²) in [5.41, 5.74) is 2.28. The third kappa shape index (κ3) is 7.27. The minimum atomic E-state index is -0.614. The molecular weight excluding hydrogens is 436 g/mol. The number of aryl methyl sites for hydroxylation is 1. The quantitative estimate of drug-likeness (QED) is 0.503. The van der Waals surface area contributed by atoms with Gasteiger partial charge in [0.15, 0.2) is 0 Å². The first-order valence-corrected chi connectivity index (χ1v) is 12.8. The molecule has 2 heterocycles. The van der Waals surface area contributed by atoms with E-state index in [0.717, 1.165) is 30.7 Å². The first kappa shape index (κ1) is 25.7. The van der Waals surface area contributed by atoms with Gasteiger partial charge in [-0.1, -0.05) is 25.1 Å². The van der Waals surface area contributed by atoms with E-state index >= 15 is 0 Å². The normalized spacial score (nSPS) is 16.8. The van der Waals surface area contributed by atoms with Crippen LogP contribution in [0.15, 0.2) is 35.7 Å². The molecule has 1 aromatic carbocycles. The van der Waals surface area contributed by atoms with Gasteiger partial charge in [0.25, 0.3) is 0 Å². The van der Waals surface area contributed by atoms with Crippen LogP contribution in [0.5, 0.6) is 5.75 Å². The fourth-order valence-corrected chi connectivity index (χ4v) is 5.18. The van der Waals surface area contributed by atoms with Crippen molar-refractivity contribution in [2.24, 2.45) is 0 Å². The molecule has 0 unspecified atom stereocenters. The first-order valence-electron chi connectivity index (χ1n) is 11.9. The molecule has 33 heavy (non-hydrogen) atoms. The van der Waals surface area contributed by atoms with Crippen molar-refractivity contribution in [2.45, 2.75) is 58.8 Å². The minimum absolute atomic E-state index is 0.0723. The second kappa shape index (κ2) is 12.5. The van der Waals surface area contributed by atoms with Crippen LogP contribution in [0.2, 0.25) is 0 Å². The Kier molecular flexibility index (Phi) is 9.74. The maximum absolute atomic E-state index is 13.5. The Morgan fingerprint density at radius 1 is 1.30 bits per heavy atom. The molecule has 0 fully saturated rings. The molecule has 3 rings (SSSR count). The Balaban J connectivity index is 1.68. The summed E-state index contributed by atoms with van der Waals surface area (Å²) in [6.07, 6.45) is 1.25. The van der Waals surface area contributed by atoms with Gasteiger partial charge in [-0.2, -0.15) is 0 Å². The highest BCUT2D eigenvalue weighted by atomic mass is 32.1. The number of hydrogen-bond donors (Lipinski definition) is 1. The number of benzene rings is 1. The Morgan fingerprint density at radius 2 is 2.09 bits per heavy atom. The van der Waals surface area contributed by atoms with Crippen molar-refractivity contribution in [2.75, 3.05) is 39.4 Å². The van der Waals surface area contributed by atoms with Crippen molar-refractivity contribution in [1.29, 1.82) is 0 Å². The second-order valence-electron chi connectivity index (χ2n) is 9.00.